The third-order valence-corrected chi connectivity index (χ3v) is 2.32. The third kappa shape index (κ3) is 1.41. The van der Waals surface area contributed by atoms with Gasteiger partial charge in [-0.05, 0) is 19.4 Å². The summed E-state index contributed by atoms with van der Waals surface area (Å²) >= 11 is 0. The van der Waals surface area contributed by atoms with E-state index >= 15 is 0 Å². The van der Waals surface area contributed by atoms with Gasteiger partial charge < -0.3 is 4.90 Å². The first-order chi connectivity index (χ1) is 6.29. The topological polar surface area (TPSA) is 33.2 Å². The van der Waals surface area contributed by atoms with Gasteiger partial charge in [0, 0.05) is 25.4 Å². The average Bonchev–Trinajstić information content (AvgIpc) is 2.01. The van der Waals surface area contributed by atoms with Gasteiger partial charge in [0.2, 0.25) is 0 Å². The summed E-state index contributed by atoms with van der Waals surface area (Å²) in [6, 6.07) is 4.54. The van der Waals surface area contributed by atoms with Crippen LogP contribution in [0.3, 0.4) is 0 Å². The van der Waals surface area contributed by atoms with Gasteiger partial charge in [0.1, 0.15) is 0 Å². The lowest BCUT2D eigenvalue weighted by Crippen LogP contribution is -2.42. The van der Waals surface area contributed by atoms with Gasteiger partial charge in [0.15, 0.2) is 0 Å². The van der Waals surface area contributed by atoms with Crippen molar-refractivity contribution in [3.63, 3.8) is 0 Å². The highest BCUT2D eigenvalue weighted by molar-refractivity contribution is 5.95. The summed E-state index contributed by atoms with van der Waals surface area (Å²) in [4.78, 5) is 17.6. The molecule has 67 valence electrons. The molecule has 3 heteroatoms. The summed E-state index contributed by atoms with van der Waals surface area (Å²) in [6.07, 6.45) is 2.71. The minimum absolute atomic E-state index is 0.0908. The largest absolute Gasteiger partial charge is 0.338 e. The number of aryl methyl sites for hydroxylation is 1. The van der Waals surface area contributed by atoms with Crippen LogP contribution < -0.4 is 0 Å². The molecule has 2 rings (SSSR count). The van der Waals surface area contributed by atoms with E-state index in [9.17, 15) is 4.79 Å². The Bertz CT molecular complexity index is 331. The first-order valence-corrected chi connectivity index (χ1v) is 4.41. The van der Waals surface area contributed by atoms with Crippen molar-refractivity contribution < 1.29 is 4.79 Å². The molecule has 0 aromatic carbocycles. The number of aromatic nitrogens is 1. The number of likely N-dealkylation sites (tertiary alicyclic amines) is 1. The highest BCUT2D eigenvalue weighted by Crippen LogP contribution is 2.13. The molecule has 1 aliphatic heterocycles. The van der Waals surface area contributed by atoms with Crippen molar-refractivity contribution in [3.8, 4) is 0 Å². The van der Waals surface area contributed by atoms with Crippen LogP contribution in [0.5, 0.6) is 0 Å². The van der Waals surface area contributed by atoms with Gasteiger partial charge in [-0.1, -0.05) is 0 Å². The number of pyridine rings is 1. The molecule has 0 spiro atoms. The van der Waals surface area contributed by atoms with Gasteiger partial charge in [0.05, 0.1) is 11.3 Å². The Morgan fingerprint density at radius 3 is 2.92 bits per heavy atom. The SMILES string of the molecule is Cc1nc[c]cc1C(=O)N1CCC1. The molecular formula is C10H11N2O. The number of nitrogens with zero attached hydrogens (tertiary/aromatic N) is 2. The second-order valence-corrected chi connectivity index (χ2v) is 3.21. The molecule has 1 amide bonds. The molecule has 0 bridgehead atoms. The van der Waals surface area contributed by atoms with Crippen molar-refractivity contribution in [3.05, 3.63) is 29.6 Å². The number of amides is 1. The van der Waals surface area contributed by atoms with Crippen molar-refractivity contribution >= 4 is 5.91 Å². The molecule has 2 heterocycles. The number of hydrogen-bond acceptors (Lipinski definition) is 2. The summed E-state index contributed by atoms with van der Waals surface area (Å²) in [5, 5.41) is 0. The Balaban J connectivity index is 2.24. The minimum Gasteiger partial charge on any atom is -0.338 e. The predicted octanol–water partition coefficient (Wildman–Crippen LogP) is 1.04. The van der Waals surface area contributed by atoms with E-state index in [0.717, 1.165) is 25.2 Å². The summed E-state index contributed by atoms with van der Waals surface area (Å²) < 4.78 is 0. The van der Waals surface area contributed by atoms with Crippen LogP contribution in [0.1, 0.15) is 22.5 Å². The second kappa shape index (κ2) is 3.17. The molecule has 1 fully saturated rings. The Labute approximate surface area is 77.4 Å². The minimum atomic E-state index is 0.0908. The quantitative estimate of drug-likeness (QED) is 0.638. The van der Waals surface area contributed by atoms with Crippen LogP contribution in [0.25, 0.3) is 0 Å². The lowest BCUT2D eigenvalue weighted by Gasteiger charge is -2.31. The van der Waals surface area contributed by atoms with E-state index in [-0.39, 0.29) is 5.91 Å². The molecule has 1 saturated heterocycles. The molecule has 1 aromatic heterocycles. The van der Waals surface area contributed by atoms with Crippen molar-refractivity contribution in [2.75, 3.05) is 13.1 Å². The van der Waals surface area contributed by atoms with Gasteiger partial charge in [-0.3, -0.25) is 9.78 Å². The molecule has 1 aliphatic rings. The van der Waals surface area contributed by atoms with E-state index < -0.39 is 0 Å². The van der Waals surface area contributed by atoms with E-state index in [0.29, 0.717) is 5.56 Å². The Morgan fingerprint density at radius 1 is 1.62 bits per heavy atom. The summed E-state index contributed by atoms with van der Waals surface area (Å²) in [7, 11) is 0. The van der Waals surface area contributed by atoms with Crippen molar-refractivity contribution in [1.29, 1.82) is 0 Å². The zero-order valence-corrected chi connectivity index (χ0v) is 7.58. The van der Waals surface area contributed by atoms with Gasteiger partial charge in [0.25, 0.3) is 5.91 Å². The van der Waals surface area contributed by atoms with Gasteiger partial charge >= 0.3 is 0 Å². The third-order valence-electron chi connectivity index (χ3n) is 2.32. The van der Waals surface area contributed by atoms with E-state index in [1.807, 2.05) is 11.8 Å². The molecule has 0 N–H and O–H groups in total. The zero-order chi connectivity index (χ0) is 9.26. The Hall–Kier alpha value is -1.38. The fourth-order valence-corrected chi connectivity index (χ4v) is 1.33. The molecule has 1 aromatic rings. The van der Waals surface area contributed by atoms with Crippen LogP contribution in [0.2, 0.25) is 0 Å². The van der Waals surface area contributed by atoms with Crippen molar-refractivity contribution in [1.82, 2.24) is 9.88 Å². The first-order valence-electron chi connectivity index (χ1n) is 4.41. The lowest BCUT2D eigenvalue weighted by molar-refractivity contribution is 0.0650. The van der Waals surface area contributed by atoms with Crippen molar-refractivity contribution in [2.24, 2.45) is 0 Å². The maximum Gasteiger partial charge on any atom is 0.255 e. The van der Waals surface area contributed by atoms with E-state index in [4.69, 9.17) is 0 Å². The monoisotopic (exact) mass is 175 g/mol. The smallest absolute Gasteiger partial charge is 0.255 e. The molecule has 3 nitrogen and oxygen atoms in total. The Kier molecular flexibility index (Phi) is 2.00. The van der Waals surface area contributed by atoms with Crippen LogP contribution in [-0.2, 0) is 0 Å². The van der Waals surface area contributed by atoms with E-state index in [1.54, 1.807) is 12.3 Å². The van der Waals surface area contributed by atoms with Crippen LogP contribution in [0.4, 0.5) is 0 Å². The first kappa shape index (κ1) is 8.23. The highest BCUT2D eigenvalue weighted by atomic mass is 16.2. The van der Waals surface area contributed by atoms with Gasteiger partial charge in [-0.2, -0.15) is 0 Å². The van der Waals surface area contributed by atoms with Crippen LogP contribution in [0, 0.1) is 13.0 Å². The molecule has 0 atom stereocenters. The zero-order valence-electron chi connectivity index (χ0n) is 7.58. The number of carbonyl (C=O) groups is 1. The van der Waals surface area contributed by atoms with Gasteiger partial charge in [-0.25, -0.2) is 0 Å². The normalized spacial score (nSPS) is 15.3. The fraction of sp³-hybridized carbons (Fsp3) is 0.400. The maximum absolute atomic E-state index is 11.7. The standard InChI is InChI=1S/C10H11N2O/c1-8-9(4-2-5-11-8)10(13)12-6-3-7-12/h4-5H,3,6-7H2,1H3. The number of hydrogen-bond donors (Lipinski definition) is 0. The Morgan fingerprint density at radius 2 is 2.38 bits per heavy atom. The number of carbonyl (C=O) groups excluding carboxylic acids is 1. The van der Waals surface area contributed by atoms with E-state index in [2.05, 4.69) is 11.1 Å². The fourth-order valence-electron chi connectivity index (χ4n) is 1.33. The highest BCUT2D eigenvalue weighted by Gasteiger charge is 2.22. The number of rotatable bonds is 1. The van der Waals surface area contributed by atoms with Gasteiger partial charge in [-0.15, -0.1) is 0 Å². The summed E-state index contributed by atoms with van der Waals surface area (Å²) in [5.41, 5.74) is 1.47. The predicted molar refractivity (Wildman–Crippen MR) is 48.3 cm³/mol. The van der Waals surface area contributed by atoms with Crippen LogP contribution >= 0.6 is 0 Å². The second-order valence-electron chi connectivity index (χ2n) is 3.21. The van der Waals surface area contributed by atoms with Crippen molar-refractivity contribution in [2.45, 2.75) is 13.3 Å². The molecule has 0 unspecified atom stereocenters. The lowest BCUT2D eigenvalue weighted by atomic mass is 10.1. The summed E-state index contributed by atoms with van der Waals surface area (Å²) in [5.74, 6) is 0.0908. The maximum atomic E-state index is 11.7. The van der Waals surface area contributed by atoms with Crippen LogP contribution in [0.15, 0.2) is 12.3 Å². The average molecular weight is 175 g/mol. The van der Waals surface area contributed by atoms with Crippen LogP contribution in [-0.4, -0.2) is 28.9 Å². The molecule has 0 aliphatic carbocycles. The van der Waals surface area contributed by atoms with E-state index in [1.165, 1.54) is 0 Å². The molecule has 13 heavy (non-hydrogen) atoms. The summed E-state index contributed by atoms with van der Waals surface area (Å²) in [6.45, 7) is 3.61. The molecule has 1 radical (unpaired) electrons. The molecule has 0 saturated carbocycles. The molecular weight excluding hydrogens is 164 g/mol.